The summed E-state index contributed by atoms with van der Waals surface area (Å²) in [7, 11) is 0. The van der Waals surface area contributed by atoms with E-state index in [1.165, 1.54) is 12.1 Å². The summed E-state index contributed by atoms with van der Waals surface area (Å²) in [5, 5.41) is 0. The predicted molar refractivity (Wildman–Crippen MR) is 50.1 cm³/mol. The van der Waals surface area contributed by atoms with Gasteiger partial charge in [-0.25, -0.2) is 0 Å². The highest BCUT2D eigenvalue weighted by Gasteiger charge is 2.31. The first-order chi connectivity index (χ1) is 6.79. The zero-order valence-electron chi connectivity index (χ0n) is 8.01. The van der Waals surface area contributed by atoms with Crippen LogP contribution >= 0.6 is 0 Å². The van der Waals surface area contributed by atoms with Crippen LogP contribution in [-0.4, -0.2) is 6.36 Å². The third kappa shape index (κ3) is 3.32. The molecule has 84 valence electrons. The zero-order chi connectivity index (χ0) is 11.6. The van der Waals surface area contributed by atoms with Crippen LogP contribution in [0.15, 0.2) is 18.2 Å². The Bertz CT molecular complexity index is 350. The van der Waals surface area contributed by atoms with Gasteiger partial charge in [-0.3, -0.25) is 0 Å². The Balaban J connectivity index is 2.98. The van der Waals surface area contributed by atoms with Crippen molar-refractivity contribution in [2.75, 3.05) is 5.73 Å². The fourth-order valence-electron chi connectivity index (χ4n) is 1.14. The second-order valence-electron chi connectivity index (χ2n) is 3.13. The van der Waals surface area contributed by atoms with Crippen molar-refractivity contribution < 1.29 is 17.9 Å². The van der Waals surface area contributed by atoms with Crippen LogP contribution in [0.5, 0.6) is 5.75 Å². The Morgan fingerprint density at radius 3 is 2.40 bits per heavy atom. The third-order valence-electron chi connectivity index (χ3n) is 1.78. The molecule has 0 fully saturated rings. The smallest absolute Gasteiger partial charge is 0.406 e. The van der Waals surface area contributed by atoms with Gasteiger partial charge in [0.05, 0.1) is 0 Å². The minimum atomic E-state index is -4.70. The molecular formula is C9H11F3N2O. The Kier molecular flexibility index (Phi) is 3.09. The van der Waals surface area contributed by atoms with Crippen LogP contribution in [0.4, 0.5) is 18.9 Å². The minimum absolute atomic E-state index is 0.316. The fourth-order valence-corrected chi connectivity index (χ4v) is 1.14. The predicted octanol–water partition coefficient (Wildman–Crippen LogP) is 2.19. The molecule has 0 bridgehead atoms. The third-order valence-corrected chi connectivity index (χ3v) is 1.78. The summed E-state index contributed by atoms with van der Waals surface area (Å²) < 4.78 is 39.4. The maximum Gasteiger partial charge on any atom is 0.573 e. The average Bonchev–Trinajstić information content (AvgIpc) is 2.05. The Hall–Kier alpha value is -1.43. The molecule has 0 spiro atoms. The van der Waals surface area contributed by atoms with Gasteiger partial charge in [-0.05, 0) is 30.7 Å². The quantitative estimate of drug-likeness (QED) is 0.751. The number of halogens is 3. The molecule has 0 radical (unpaired) electrons. The van der Waals surface area contributed by atoms with E-state index in [0.717, 1.165) is 6.07 Å². The van der Waals surface area contributed by atoms with E-state index in [0.29, 0.717) is 11.3 Å². The summed E-state index contributed by atoms with van der Waals surface area (Å²) in [6.45, 7) is 1.63. The second kappa shape index (κ2) is 3.98. The van der Waals surface area contributed by atoms with Gasteiger partial charge in [0.25, 0.3) is 0 Å². The first-order valence-electron chi connectivity index (χ1n) is 4.20. The van der Waals surface area contributed by atoms with Gasteiger partial charge < -0.3 is 16.2 Å². The molecule has 4 N–H and O–H groups in total. The standard InChI is InChI=1S/C9H11F3N2O/c1-5(13)7-4-6(2-3-8(7)14)15-9(10,11)12/h2-5H,13-14H2,1H3. The van der Waals surface area contributed by atoms with E-state index in [9.17, 15) is 13.2 Å². The number of hydrogen-bond donors (Lipinski definition) is 2. The van der Waals surface area contributed by atoms with Crippen LogP contribution in [0.2, 0.25) is 0 Å². The molecule has 0 aliphatic carbocycles. The van der Waals surface area contributed by atoms with E-state index in [1.54, 1.807) is 6.92 Å². The number of anilines is 1. The van der Waals surface area contributed by atoms with Crippen molar-refractivity contribution in [2.24, 2.45) is 5.73 Å². The number of ether oxygens (including phenoxy) is 1. The first-order valence-corrected chi connectivity index (χ1v) is 4.20. The zero-order valence-corrected chi connectivity index (χ0v) is 8.01. The molecule has 1 rings (SSSR count). The van der Waals surface area contributed by atoms with Crippen molar-refractivity contribution in [1.29, 1.82) is 0 Å². The molecule has 1 aromatic carbocycles. The van der Waals surface area contributed by atoms with E-state index in [2.05, 4.69) is 4.74 Å². The Labute approximate surface area is 84.8 Å². The van der Waals surface area contributed by atoms with Gasteiger partial charge in [-0.15, -0.1) is 13.2 Å². The van der Waals surface area contributed by atoms with Gasteiger partial charge in [0, 0.05) is 11.7 Å². The van der Waals surface area contributed by atoms with Gasteiger partial charge >= 0.3 is 6.36 Å². The van der Waals surface area contributed by atoms with Crippen molar-refractivity contribution in [2.45, 2.75) is 19.3 Å². The highest BCUT2D eigenvalue weighted by Crippen LogP contribution is 2.28. The molecule has 1 unspecified atom stereocenters. The van der Waals surface area contributed by atoms with E-state index in [-0.39, 0.29) is 5.75 Å². The second-order valence-corrected chi connectivity index (χ2v) is 3.13. The van der Waals surface area contributed by atoms with Crippen LogP contribution < -0.4 is 16.2 Å². The van der Waals surface area contributed by atoms with Crippen LogP contribution in [0.25, 0.3) is 0 Å². The summed E-state index contributed by atoms with van der Waals surface area (Å²) in [5.41, 5.74) is 11.8. The van der Waals surface area contributed by atoms with E-state index in [4.69, 9.17) is 11.5 Å². The first kappa shape index (κ1) is 11.6. The molecular weight excluding hydrogens is 209 g/mol. The molecule has 0 amide bonds. The molecule has 1 aromatic rings. The number of nitrogen functional groups attached to an aromatic ring is 1. The van der Waals surface area contributed by atoms with Gasteiger partial charge in [-0.2, -0.15) is 0 Å². The largest absolute Gasteiger partial charge is 0.573 e. The van der Waals surface area contributed by atoms with Gasteiger partial charge in [-0.1, -0.05) is 0 Å². The lowest BCUT2D eigenvalue weighted by molar-refractivity contribution is -0.274. The molecule has 15 heavy (non-hydrogen) atoms. The number of alkyl halides is 3. The van der Waals surface area contributed by atoms with Crippen LogP contribution in [0.3, 0.4) is 0 Å². The molecule has 3 nitrogen and oxygen atoms in total. The number of benzene rings is 1. The summed E-state index contributed by atoms with van der Waals surface area (Å²) >= 11 is 0. The molecule has 1 atom stereocenters. The SMILES string of the molecule is CC(N)c1cc(OC(F)(F)F)ccc1N. The van der Waals surface area contributed by atoms with Crippen LogP contribution in [0, 0.1) is 0 Å². The summed E-state index contributed by atoms with van der Waals surface area (Å²) in [5.74, 6) is -0.316. The normalized spacial score (nSPS) is 13.7. The molecule has 0 aliphatic heterocycles. The summed E-state index contributed by atoms with van der Waals surface area (Å²) in [4.78, 5) is 0. The lowest BCUT2D eigenvalue weighted by Crippen LogP contribution is -2.18. The summed E-state index contributed by atoms with van der Waals surface area (Å²) in [6, 6.07) is 3.23. The lowest BCUT2D eigenvalue weighted by atomic mass is 10.1. The Morgan fingerprint density at radius 2 is 1.93 bits per heavy atom. The molecule has 0 saturated heterocycles. The molecule has 0 saturated carbocycles. The minimum Gasteiger partial charge on any atom is -0.406 e. The van der Waals surface area contributed by atoms with Gasteiger partial charge in [0.2, 0.25) is 0 Å². The van der Waals surface area contributed by atoms with Crippen molar-refractivity contribution in [3.8, 4) is 5.75 Å². The topological polar surface area (TPSA) is 61.3 Å². The number of nitrogens with two attached hydrogens (primary N) is 2. The molecule has 0 aromatic heterocycles. The summed E-state index contributed by atoms with van der Waals surface area (Å²) in [6.07, 6.45) is -4.70. The highest BCUT2D eigenvalue weighted by atomic mass is 19.4. The molecule has 0 aliphatic rings. The monoisotopic (exact) mass is 220 g/mol. The maximum atomic E-state index is 11.9. The van der Waals surface area contributed by atoms with Crippen molar-refractivity contribution >= 4 is 5.69 Å². The molecule has 0 heterocycles. The van der Waals surface area contributed by atoms with E-state index >= 15 is 0 Å². The lowest BCUT2D eigenvalue weighted by Gasteiger charge is -2.13. The number of rotatable bonds is 2. The fraction of sp³-hybridized carbons (Fsp3) is 0.333. The number of hydrogen-bond acceptors (Lipinski definition) is 3. The van der Waals surface area contributed by atoms with Crippen molar-refractivity contribution in [1.82, 2.24) is 0 Å². The van der Waals surface area contributed by atoms with Crippen molar-refractivity contribution in [3.63, 3.8) is 0 Å². The van der Waals surface area contributed by atoms with Gasteiger partial charge in [0.15, 0.2) is 0 Å². The van der Waals surface area contributed by atoms with Crippen molar-refractivity contribution in [3.05, 3.63) is 23.8 Å². The van der Waals surface area contributed by atoms with Gasteiger partial charge in [0.1, 0.15) is 5.75 Å². The molecule has 6 heteroatoms. The Morgan fingerprint density at radius 1 is 1.33 bits per heavy atom. The average molecular weight is 220 g/mol. The van der Waals surface area contributed by atoms with Crippen LogP contribution in [0.1, 0.15) is 18.5 Å². The maximum absolute atomic E-state index is 11.9. The van der Waals surface area contributed by atoms with E-state index in [1.807, 2.05) is 0 Å². The van der Waals surface area contributed by atoms with Crippen LogP contribution in [-0.2, 0) is 0 Å². The van der Waals surface area contributed by atoms with E-state index < -0.39 is 12.4 Å². The highest BCUT2D eigenvalue weighted by molar-refractivity contribution is 5.51.